The number of amides is 2. The van der Waals surface area contributed by atoms with Gasteiger partial charge in [0.2, 0.25) is 11.8 Å². The molecule has 0 fully saturated rings. The lowest BCUT2D eigenvalue weighted by atomic mass is 10.1. The Morgan fingerprint density at radius 2 is 1.74 bits per heavy atom. The van der Waals surface area contributed by atoms with Crippen molar-refractivity contribution < 1.29 is 9.59 Å². The van der Waals surface area contributed by atoms with Crippen molar-refractivity contribution in [2.45, 2.75) is 6.92 Å². The van der Waals surface area contributed by atoms with Gasteiger partial charge in [-0.15, -0.1) is 0 Å². The van der Waals surface area contributed by atoms with Crippen LogP contribution in [0.1, 0.15) is 12.5 Å². The summed E-state index contributed by atoms with van der Waals surface area (Å²) in [5.41, 5.74) is 2.36. The average molecular weight is 355 g/mol. The quantitative estimate of drug-likeness (QED) is 0.620. The van der Waals surface area contributed by atoms with Crippen LogP contribution in [0.5, 0.6) is 0 Å². The molecule has 1 atom stereocenters. The molecule has 0 saturated heterocycles. The first-order valence-corrected chi connectivity index (χ1v) is 8.66. The zero-order valence-electron chi connectivity index (χ0n) is 15.0. The van der Waals surface area contributed by atoms with E-state index < -0.39 is 5.92 Å². The highest BCUT2D eigenvalue weighted by molar-refractivity contribution is 6.23. The van der Waals surface area contributed by atoms with Crippen molar-refractivity contribution in [2.75, 3.05) is 16.8 Å². The summed E-state index contributed by atoms with van der Waals surface area (Å²) in [5, 5.41) is 11.1. The number of nitriles is 1. The van der Waals surface area contributed by atoms with Crippen molar-refractivity contribution >= 4 is 39.6 Å². The summed E-state index contributed by atoms with van der Waals surface area (Å²) in [5.74, 6) is -1.39. The second kappa shape index (κ2) is 6.26. The Morgan fingerprint density at radius 3 is 2.52 bits per heavy atom. The molecule has 27 heavy (non-hydrogen) atoms. The standard InChI is InChI=1S/C22H17N3O2/c1-14-21(26)24(2)20-18-9-4-3-7-16(18)10-11-19(20)25(22(14)27)17-8-5-6-15(12-17)13-23/h3-12,14H,1-2H3. The maximum Gasteiger partial charge on any atom is 0.243 e. The van der Waals surface area contributed by atoms with Crippen molar-refractivity contribution in [3.63, 3.8) is 0 Å². The summed E-state index contributed by atoms with van der Waals surface area (Å²) in [6, 6.07) is 20.6. The van der Waals surface area contributed by atoms with E-state index in [1.165, 1.54) is 0 Å². The maximum atomic E-state index is 13.2. The fourth-order valence-electron chi connectivity index (χ4n) is 3.58. The molecule has 0 N–H and O–H groups in total. The number of fused-ring (bicyclic) bond motifs is 3. The highest BCUT2D eigenvalue weighted by Crippen LogP contribution is 2.43. The monoisotopic (exact) mass is 355 g/mol. The molecule has 1 aliphatic heterocycles. The van der Waals surface area contributed by atoms with Crippen molar-refractivity contribution in [3.8, 4) is 6.07 Å². The van der Waals surface area contributed by atoms with Crippen LogP contribution in [0.15, 0.2) is 60.7 Å². The topological polar surface area (TPSA) is 64.4 Å². The molecule has 0 saturated carbocycles. The SMILES string of the molecule is CC1C(=O)N(C)c2c(ccc3ccccc23)N(c2cccc(C#N)c2)C1=O. The summed E-state index contributed by atoms with van der Waals surface area (Å²) in [4.78, 5) is 29.2. The van der Waals surface area contributed by atoms with E-state index in [9.17, 15) is 14.9 Å². The lowest BCUT2D eigenvalue weighted by molar-refractivity contribution is -0.130. The first-order valence-electron chi connectivity index (χ1n) is 8.66. The molecule has 0 spiro atoms. The minimum Gasteiger partial charge on any atom is -0.312 e. The van der Waals surface area contributed by atoms with E-state index in [0.29, 0.717) is 22.6 Å². The first-order chi connectivity index (χ1) is 13.0. The number of nitrogens with zero attached hydrogens (tertiary/aromatic N) is 3. The van der Waals surface area contributed by atoms with Crippen LogP contribution in [0, 0.1) is 17.2 Å². The van der Waals surface area contributed by atoms with E-state index in [2.05, 4.69) is 6.07 Å². The van der Waals surface area contributed by atoms with E-state index in [-0.39, 0.29) is 11.8 Å². The molecule has 1 aliphatic rings. The summed E-state index contributed by atoms with van der Waals surface area (Å²) in [6.45, 7) is 1.62. The molecular formula is C22H17N3O2. The molecular weight excluding hydrogens is 338 g/mol. The third-order valence-electron chi connectivity index (χ3n) is 4.98. The lowest BCUT2D eigenvalue weighted by Crippen LogP contribution is -2.37. The summed E-state index contributed by atoms with van der Waals surface area (Å²) < 4.78 is 0. The molecule has 3 aromatic carbocycles. The zero-order valence-corrected chi connectivity index (χ0v) is 15.0. The molecule has 0 radical (unpaired) electrons. The summed E-state index contributed by atoms with van der Waals surface area (Å²) in [7, 11) is 1.70. The van der Waals surface area contributed by atoms with Crippen molar-refractivity contribution in [1.29, 1.82) is 5.26 Å². The van der Waals surface area contributed by atoms with Gasteiger partial charge in [0.1, 0.15) is 5.92 Å². The van der Waals surface area contributed by atoms with Gasteiger partial charge < -0.3 is 4.90 Å². The Morgan fingerprint density at radius 1 is 0.963 bits per heavy atom. The lowest BCUT2D eigenvalue weighted by Gasteiger charge is -2.25. The number of benzene rings is 3. The molecule has 3 aromatic rings. The van der Waals surface area contributed by atoms with Crippen LogP contribution in [-0.2, 0) is 9.59 Å². The highest BCUT2D eigenvalue weighted by Gasteiger charge is 2.37. The molecule has 0 aliphatic carbocycles. The average Bonchev–Trinajstić information content (AvgIpc) is 2.78. The van der Waals surface area contributed by atoms with Gasteiger partial charge in [0.05, 0.1) is 28.7 Å². The summed E-state index contributed by atoms with van der Waals surface area (Å²) in [6.07, 6.45) is 0. The van der Waals surface area contributed by atoms with Gasteiger partial charge >= 0.3 is 0 Å². The third kappa shape index (κ3) is 2.54. The number of rotatable bonds is 1. The van der Waals surface area contributed by atoms with Gasteiger partial charge in [-0.1, -0.05) is 36.4 Å². The van der Waals surface area contributed by atoms with Crippen LogP contribution in [0.25, 0.3) is 10.8 Å². The van der Waals surface area contributed by atoms with Crippen LogP contribution in [0.4, 0.5) is 17.1 Å². The second-order valence-corrected chi connectivity index (χ2v) is 6.61. The van der Waals surface area contributed by atoms with Crippen LogP contribution in [0.2, 0.25) is 0 Å². The van der Waals surface area contributed by atoms with Gasteiger partial charge in [-0.05, 0) is 36.6 Å². The van der Waals surface area contributed by atoms with Gasteiger partial charge in [-0.3, -0.25) is 14.5 Å². The van der Waals surface area contributed by atoms with Crippen LogP contribution < -0.4 is 9.80 Å². The maximum absolute atomic E-state index is 13.2. The smallest absolute Gasteiger partial charge is 0.243 e. The molecule has 1 heterocycles. The van der Waals surface area contributed by atoms with E-state index in [1.807, 2.05) is 36.4 Å². The molecule has 0 bridgehead atoms. The molecule has 132 valence electrons. The van der Waals surface area contributed by atoms with Gasteiger partial charge in [0, 0.05) is 12.4 Å². The predicted molar refractivity (Wildman–Crippen MR) is 105 cm³/mol. The van der Waals surface area contributed by atoms with Crippen molar-refractivity contribution in [1.82, 2.24) is 0 Å². The number of hydrogen-bond donors (Lipinski definition) is 0. The van der Waals surface area contributed by atoms with Crippen LogP contribution >= 0.6 is 0 Å². The zero-order chi connectivity index (χ0) is 19.1. The number of carbonyl (C=O) groups excluding carboxylic acids is 2. The molecule has 1 unspecified atom stereocenters. The number of anilines is 3. The second-order valence-electron chi connectivity index (χ2n) is 6.61. The van der Waals surface area contributed by atoms with Gasteiger partial charge in [-0.25, -0.2) is 0 Å². The minimum atomic E-state index is -0.827. The Kier molecular flexibility index (Phi) is 3.89. The van der Waals surface area contributed by atoms with E-state index in [4.69, 9.17) is 0 Å². The molecule has 0 aromatic heterocycles. The normalized spacial score (nSPS) is 16.9. The Bertz CT molecular complexity index is 1130. The molecule has 4 rings (SSSR count). The van der Waals surface area contributed by atoms with Gasteiger partial charge in [-0.2, -0.15) is 5.26 Å². The van der Waals surface area contributed by atoms with E-state index >= 15 is 0 Å². The summed E-state index contributed by atoms with van der Waals surface area (Å²) >= 11 is 0. The third-order valence-corrected chi connectivity index (χ3v) is 4.98. The predicted octanol–water partition coefficient (Wildman–Crippen LogP) is 3.99. The van der Waals surface area contributed by atoms with Gasteiger partial charge in [0.15, 0.2) is 0 Å². The fraction of sp³-hybridized carbons (Fsp3) is 0.136. The fourth-order valence-corrected chi connectivity index (χ4v) is 3.58. The van der Waals surface area contributed by atoms with Crippen molar-refractivity contribution in [3.05, 3.63) is 66.2 Å². The molecule has 2 amide bonds. The van der Waals surface area contributed by atoms with Crippen molar-refractivity contribution in [2.24, 2.45) is 5.92 Å². The van der Waals surface area contributed by atoms with Gasteiger partial charge in [0.25, 0.3) is 0 Å². The molecule has 5 nitrogen and oxygen atoms in total. The number of carbonyl (C=O) groups is 2. The Hall–Kier alpha value is -3.65. The van der Waals surface area contributed by atoms with E-state index in [1.54, 1.807) is 48.0 Å². The largest absolute Gasteiger partial charge is 0.312 e. The Labute approximate surface area is 157 Å². The molecule has 5 heteroatoms. The Balaban J connectivity index is 2.06. The first kappa shape index (κ1) is 16.8. The van der Waals surface area contributed by atoms with Crippen LogP contribution in [-0.4, -0.2) is 18.9 Å². The highest BCUT2D eigenvalue weighted by atomic mass is 16.2. The number of hydrogen-bond acceptors (Lipinski definition) is 3. The van der Waals surface area contributed by atoms with Crippen LogP contribution in [0.3, 0.4) is 0 Å². The minimum absolute atomic E-state index is 0.253. The van der Waals surface area contributed by atoms with E-state index in [0.717, 1.165) is 10.8 Å².